The fourth-order valence-corrected chi connectivity index (χ4v) is 4.14. The molecule has 0 saturated carbocycles. The van der Waals surface area contributed by atoms with E-state index in [9.17, 15) is 13.2 Å². The van der Waals surface area contributed by atoms with Gasteiger partial charge in [-0.2, -0.15) is 0 Å². The molecule has 1 unspecified atom stereocenters. The smallest absolute Gasteiger partial charge is 0.242 e. The van der Waals surface area contributed by atoms with Crippen LogP contribution in [0.15, 0.2) is 23.1 Å². The zero-order valence-corrected chi connectivity index (χ0v) is 16.3. The van der Waals surface area contributed by atoms with Gasteiger partial charge in [-0.05, 0) is 24.6 Å². The highest BCUT2D eigenvalue weighted by molar-refractivity contribution is 9.10. The minimum absolute atomic E-state index is 0.162. The van der Waals surface area contributed by atoms with E-state index in [0.29, 0.717) is 28.3 Å². The Bertz CT molecular complexity index is 820. The molecule has 0 aliphatic carbocycles. The molecule has 1 aromatic carbocycles. The number of nitrogens with one attached hydrogen (secondary N) is 1. The fraction of sp³-hybridized carbons (Fsp3) is 0.429. The molecular formula is C14H18BrN3O3S2. The molecule has 2 rings (SSSR count). The van der Waals surface area contributed by atoms with E-state index in [1.807, 2.05) is 6.92 Å². The lowest BCUT2D eigenvalue weighted by Crippen LogP contribution is -2.26. The minimum atomic E-state index is -3.49. The monoisotopic (exact) mass is 419 g/mol. The Hall–Kier alpha value is -1.03. The molecule has 0 fully saturated rings. The highest BCUT2D eigenvalue weighted by Gasteiger charge is 2.21. The number of halogens is 1. The van der Waals surface area contributed by atoms with Gasteiger partial charge in [0.1, 0.15) is 0 Å². The van der Waals surface area contributed by atoms with E-state index in [2.05, 4.69) is 26.2 Å². The number of carbonyl (C=O) groups excluding carboxylic acids is 1. The highest BCUT2D eigenvalue weighted by atomic mass is 79.9. The van der Waals surface area contributed by atoms with Gasteiger partial charge in [0.2, 0.25) is 15.9 Å². The predicted octanol–water partition coefficient (Wildman–Crippen LogP) is 3.05. The topological polar surface area (TPSA) is 79.4 Å². The lowest BCUT2D eigenvalue weighted by molar-refractivity contribution is -0.115. The van der Waals surface area contributed by atoms with Gasteiger partial charge in [-0.15, -0.1) is 0 Å². The summed E-state index contributed by atoms with van der Waals surface area (Å²) in [5.41, 5.74) is 0.658. The van der Waals surface area contributed by atoms with Crippen LogP contribution in [0.25, 0.3) is 10.2 Å². The predicted molar refractivity (Wildman–Crippen MR) is 96.7 cm³/mol. The normalized spacial score (nSPS) is 13.4. The van der Waals surface area contributed by atoms with Crippen molar-refractivity contribution in [3.8, 4) is 0 Å². The zero-order chi connectivity index (χ0) is 17.2. The third-order valence-electron chi connectivity index (χ3n) is 3.39. The number of nitrogens with zero attached hydrogens (tertiary/aromatic N) is 2. The maximum absolute atomic E-state index is 12.4. The summed E-state index contributed by atoms with van der Waals surface area (Å²) in [4.78, 5) is 16.1. The molecule has 0 spiro atoms. The molecule has 23 heavy (non-hydrogen) atoms. The summed E-state index contributed by atoms with van der Waals surface area (Å²) in [6, 6.07) is 4.79. The molecule has 0 bridgehead atoms. The van der Waals surface area contributed by atoms with Crippen molar-refractivity contribution in [2.24, 2.45) is 0 Å². The van der Waals surface area contributed by atoms with Crippen molar-refractivity contribution in [2.75, 3.05) is 18.9 Å². The summed E-state index contributed by atoms with van der Waals surface area (Å²) in [5.74, 6) is -0.162. The second kappa shape index (κ2) is 7.25. The molecule has 0 aliphatic rings. The van der Waals surface area contributed by atoms with E-state index in [0.717, 1.165) is 0 Å². The molecule has 1 heterocycles. The van der Waals surface area contributed by atoms with E-state index in [1.165, 1.54) is 21.7 Å². The molecule has 126 valence electrons. The largest absolute Gasteiger partial charge is 0.301 e. The van der Waals surface area contributed by atoms with E-state index < -0.39 is 10.0 Å². The van der Waals surface area contributed by atoms with E-state index >= 15 is 0 Å². The van der Waals surface area contributed by atoms with Gasteiger partial charge in [0.15, 0.2) is 5.13 Å². The molecule has 9 heteroatoms. The molecule has 2 aromatic rings. The van der Waals surface area contributed by atoms with E-state index in [1.54, 1.807) is 26.1 Å². The molecule has 1 atom stereocenters. The number of hydrogen-bond acceptors (Lipinski definition) is 5. The first-order valence-corrected chi connectivity index (χ1v) is 10.3. The standard InChI is InChI=1S/C14H18BrN3O3S2/c1-4-10(15)13(19)17-14-16-11-7-6-9(8-12(11)22-14)23(20,21)18(3)5-2/h6-8,10H,4-5H2,1-3H3,(H,16,17,19). The first-order chi connectivity index (χ1) is 10.8. The van der Waals surface area contributed by atoms with Crippen molar-refractivity contribution in [3.05, 3.63) is 18.2 Å². The van der Waals surface area contributed by atoms with E-state index in [4.69, 9.17) is 0 Å². The number of amides is 1. The SMILES string of the molecule is CCC(Br)C(=O)Nc1nc2ccc(S(=O)(=O)N(C)CC)cc2s1. The summed E-state index contributed by atoms with van der Waals surface area (Å²) in [6.45, 7) is 4.08. The molecule has 0 aliphatic heterocycles. The quantitative estimate of drug-likeness (QED) is 0.729. The number of alkyl halides is 1. The second-order valence-corrected chi connectivity index (χ2v) is 9.11. The van der Waals surface area contributed by atoms with Gasteiger partial charge in [-0.3, -0.25) is 4.79 Å². The van der Waals surface area contributed by atoms with Gasteiger partial charge in [0.25, 0.3) is 0 Å². The average Bonchev–Trinajstić information content (AvgIpc) is 2.94. The second-order valence-electron chi connectivity index (χ2n) is 4.93. The summed E-state index contributed by atoms with van der Waals surface area (Å²) in [7, 11) is -1.95. The van der Waals surface area contributed by atoms with Gasteiger partial charge < -0.3 is 5.32 Å². The third-order valence-corrected chi connectivity index (χ3v) is 7.31. The number of aromatic nitrogens is 1. The Labute approximate surface area is 148 Å². The molecule has 1 aromatic heterocycles. The Morgan fingerprint density at radius 1 is 1.43 bits per heavy atom. The van der Waals surface area contributed by atoms with Crippen molar-refractivity contribution >= 4 is 58.5 Å². The first-order valence-electron chi connectivity index (χ1n) is 7.11. The van der Waals surface area contributed by atoms with Crippen LogP contribution in [-0.4, -0.2) is 42.0 Å². The molecule has 1 N–H and O–H groups in total. The number of rotatable bonds is 6. The molecule has 1 amide bonds. The van der Waals surface area contributed by atoms with Crippen LogP contribution >= 0.6 is 27.3 Å². The lowest BCUT2D eigenvalue weighted by atomic mass is 10.3. The van der Waals surface area contributed by atoms with Gasteiger partial charge in [-0.25, -0.2) is 17.7 Å². The van der Waals surface area contributed by atoms with Crippen molar-refractivity contribution < 1.29 is 13.2 Å². The van der Waals surface area contributed by atoms with Gasteiger partial charge in [0, 0.05) is 13.6 Å². The summed E-state index contributed by atoms with van der Waals surface area (Å²) in [5, 5.41) is 3.20. The zero-order valence-electron chi connectivity index (χ0n) is 13.0. The van der Waals surface area contributed by atoms with Crippen LogP contribution in [0.4, 0.5) is 5.13 Å². The van der Waals surface area contributed by atoms with Crippen LogP contribution in [0.2, 0.25) is 0 Å². The molecule has 0 saturated heterocycles. The Morgan fingerprint density at radius 2 is 2.13 bits per heavy atom. The van der Waals surface area contributed by atoms with Crippen LogP contribution < -0.4 is 5.32 Å². The maximum atomic E-state index is 12.4. The van der Waals surface area contributed by atoms with Crippen molar-refractivity contribution in [1.82, 2.24) is 9.29 Å². The number of hydrogen-bond donors (Lipinski definition) is 1. The number of carbonyl (C=O) groups is 1. The van der Waals surface area contributed by atoms with Gasteiger partial charge in [-0.1, -0.05) is 41.1 Å². The van der Waals surface area contributed by atoms with Crippen LogP contribution in [0.1, 0.15) is 20.3 Å². The third kappa shape index (κ3) is 3.90. The van der Waals surface area contributed by atoms with Crippen LogP contribution in [0, 0.1) is 0 Å². The Morgan fingerprint density at radius 3 is 2.74 bits per heavy atom. The Balaban J connectivity index is 2.33. The first kappa shape index (κ1) is 18.3. The van der Waals surface area contributed by atoms with Gasteiger partial charge >= 0.3 is 0 Å². The Kier molecular flexibility index (Phi) is 5.77. The highest BCUT2D eigenvalue weighted by Crippen LogP contribution is 2.29. The molecular weight excluding hydrogens is 402 g/mol. The summed E-state index contributed by atoms with van der Waals surface area (Å²) < 4.78 is 26.7. The molecule has 0 radical (unpaired) electrons. The van der Waals surface area contributed by atoms with Gasteiger partial charge in [0.05, 0.1) is 19.9 Å². The minimum Gasteiger partial charge on any atom is -0.301 e. The number of thiazole rings is 1. The maximum Gasteiger partial charge on any atom is 0.242 e. The summed E-state index contributed by atoms with van der Waals surface area (Å²) in [6.07, 6.45) is 0.669. The van der Waals surface area contributed by atoms with E-state index in [-0.39, 0.29) is 15.6 Å². The molecule has 6 nitrogen and oxygen atoms in total. The van der Waals surface area contributed by atoms with Crippen LogP contribution in [0.5, 0.6) is 0 Å². The van der Waals surface area contributed by atoms with Crippen molar-refractivity contribution in [2.45, 2.75) is 30.0 Å². The fourth-order valence-electron chi connectivity index (χ4n) is 1.84. The van der Waals surface area contributed by atoms with Crippen LogP contribution in [0.3, 0.4) is 0 Å². The summed E-state index contributed by atoms with van der Waals surface area (Å²) >= 11 is 4.54. The van der Waals surface area contributed by atoms with Crippen molar-refractivity contribution in [3.63, 3.8) is 0 Å². The lowest BCUT2D eigenvalue weighted by Gasteiger charge is -2.14. The van der Waals surface area contributed by atoms with Crippen molar-refractivity contribution in [1.29, 1.82) is 0 Å². The number of sulfonamides is 1. The number of benzene rings is 1. The average molecular weight is 420 g/mol. The number of anilines is 1. The van der Waals surface area contributed by atoms with Crippen LogP contribution in [-0.2, 0) is 14.8 Å². The number of fused-ring (bicyclic) bond motifs is 1.